The van der Waals surface area contributed by atoms with Gasteiger partial charge in [-0.25, -0.2) is 9.67 Å². The number of rotatable bonds is 12. The number of tetrazole rings is 1. The highest BCUT2D eigenvalue weighted by Crippen LogP contribution is 2.43. The second-order valence-corrected chi connectivity index (χ2v) is 13.0. The molecule has 0 fully saturated rings. The van der Waals surface area contributed by atoms with Gasteiger partial charge in [0.05, 0.1) is 5.69 Å². The number of unbranched alkanes of at least 4 members (excludes halogenated alkanes) is 1. The second-order valence-electron chi connectivity index (χ2n) is 13.0. The first kappa shape index (κ1) is 32.7. The summed E-state index contributed by atoms with van der Waals surface area (Å²) in [4.78, 5) is 9.33. The molecule has 7 heteroatoms. The van der Waals surface area contributed by atoms with E-state index in [1.807, 2.05) is 35.1 Å². The Balaban J connectivity index is 1.20. The Kier molecular flexibility index (Phi) is 9.31. The summed E-state index contributed by atoms with van der Waals surface area (Å²) >= 11 is 0. The Labute approximate surface area is 304 Å². The number of imidazole rings is 1. The minimum atomic E-state index is -0.839. The van der Waals surface area contributed by atoms with E-state index in [4.69, 9.17) is 15.3 Å². The van der Waals surface area contributed by atoms with Crippen molar-refractivity contribution in [1.29, 1.82) is 0 Å². The summed E-state index contributed by atoms with van der Waals surface area (Å²) in [6.07, 6.45) is 8.98. The highest BCUT2D eigenvalue weighted by Gasteiger charge is 2.42. The number of benzene rings is 5. The summed E-state index contributed by atoms with van der Waals surface area (Å²) in [6.45, 7) is 2.95. The molecule has 8 aromatic rings. The maximum absolute atomic E-state index is 5.01. The molecule has 0 saturated heterocycles. The number of aromatic nitrogens is 7. The van der Waals surface area contributed by atoms with Gasteiger partial charge in [0, 0.05) is 42.7 Å². The Bertz CT molecular complexity index is 2250. The monoisotopic (exact) mass is 677 g/mol. The molecule has 0 unspecified atom stereocenters. The van der Waals surface area contributed by atoms with Gasteiger partial charge in [-0.1, -0.05) is 153 Å². The molecule has 52 heavy (non-hydrogen) atoms. The minimum absolute atomic E-state index is 0.679. The van der Waals surface area contributed by atoms with E-state index < -0.39 is 5.54 Å². The maximum Gasteiger partial charge on any atom is 0.184 e. The van der Waals surface area contributed by atoms with Crippen molar-refractivity contribution in [2.45, 2.75) is 38.3 Å². The Morgan fingerprint density at radius 3 is 1.83 bits per heavy atom. The SMILES string of the molecule is CCCCc1nc(-c2cccnc2)cn1Cc1ccc(-c2ccccc2-c2nnnn2C(c2ccccc2)(c2ccccc2)c2ccccc2)cc1. The average molecular weight is 678 g/mol. The molecule has 3 heterocycles. The van der Waals surface area contributed by atoms with Crippen LogP contribution in [0.2, 0.25) is 0 Å². The van der Waals surface area contributed by atoms with Crippen molar-refractivity contribution in [3.63, 3.8) is 0 Å². The van der Waals surface area contributed by atoms with Crippen LogP contribution in [-0.2, 0) is 18.5 Å². The topological polar surface area (TPSA) is 74.3 Å². The predicted octanol–water partition coefficient (Wildman–Crippen LogP) is 9.50. The molecule has 0 aliphatic heterocycles. The molecule has 0 saturated carbocycles. The molecule has 0 spiro atoms. The number of hydrogen-bond donors (Lipinski definition) is 0. The number of hydrogen-bond acceptors (Lipinski definition) is 5. The summed E-state index contributed by atoms with van der Waals surface area (Å²) < 4.78 is 4.28. The zero-order valence-electron chi connectivity index (χ0n) is 29.1. The Hall–Kier alpha value is -6.47. The van der Waals surface area contributed by atoms with Gasteiger partial charge in [0.25, 0.3) is 0 Å². The van der Waals surface area contributed by atoms with Gasteiger partial charge >= 0.3 is 0 Å². The zero-order valence-corrected chi connectivity index (χ0v) is 29.1. The van der Waals surface area contributed by atoms with Gasteiger partial charge in [0.2, 0.25) is 0 Å². The van der Waals surface area contributed by atoms with E-state index in [0.717, 1.165) is 76.3 Å². The number of nitrogens with zero attached hydrogens (tertiary/aromatic N) is 7. The average Bonchev–Trinajstić information content (AvgIpc) is 3.87. The van der Waals surface area contributed by atoms with Gasteiger partial charge in [0.1, 0.15) is 11.4 Å². The molecule has 254 valence electrons. The van der Waals surface area contributed by atoms with Crippen molar-refractivity contribution in [2.75, 3.05) is 0 Å². The molecule has 0 aliphatic rings. The molecule has 0 amide bonds. The molecule has 0 aliphatic carbocycles. The molecule has 0 radical (unpaired) electrons. The summed E-state index contributed by atoms with van der Waals surface area (Å²) in [5, 5.41) is 13.9. The van der Waals surface area contributed by atoms with Gasteiger partial charge in [-0.05, 0) is 62.4 Å². The van der Waals surface area contributed by atoms with E-state index in [9.17, 15) is 0 Å². The first-order valence-electron chi connectivity index (χ1n) is 17.9. The summed E-state index contributed by atoms with van der Waals surface area (Å²) in [5.41, 5.74) is 8.63. The predicted molar refractivity (Wildman–Crippen MR) is 206 cm³/mol. The molecule has 0 N–H and O–H groups in total. The van der Waals surface area contributed by atoms with E-state index in [1.165, 1.54) is 5.56 Å². The Morgan fingerprint density at radius 2 is 1.23 bits per heavy atom. The van der Waals surface area contributed by atoms with E-state index in [1.54, 1.807) is 6.20 Å². The largest absolute Gasteiger partial charge is 0.330 e. The molecule has 5 aromatic carbocycles. The lowest BCUT2D eigenvalue weighted by Gasteiger charge is -2.36. The van der Waals surface area contributed by atoms with Crippen LogP contribution >= 0.6 is 0 Å². The van der Waals surface area contributed by atoms with E-state index in [2.05, 4.69) is 155 Å². The minimum Gasteiger partial charge on any atom is -0.330 e. The van der Waals surface area contributed by atoms with Crippen LogP contribution in [0.15, 0.2) is 170 Å². The third-order valence-corrected chi connectivity index (χ3v) is 9.72. The standard InChI is InChI=1S/C45H39N7/c1-2-3-25-43-47-42(36-16-15-30-46-31-36)33-51(43)32-34-26-28-35(29-27-34)40-23-13-14-24-41(40)44-48-49-50-52(44)45(37-17-7-4-8-18-37,38-19-9-5-10-20-38)39-21-11-6-12-22-39/h4-24,26-31,33H,2-3,25,32H2,1H3. The molecule has 0 atom stereocenters. The second kappa shape index (κ2) is 14.8. The quantitative estimate of drug-likeness (QED) is 0.121. The molecule has 8 rings (SSSR count). The molecule has 0 bridgehead atoms. The van der Waals surface area contributed by atoms with Crippen molar-refractivity contribution >= 4 is 0 Å². The maximum atomic E-state index is 5.01. The lowest BCUT2D eigenvalue weighted by molar-refractivity contribution is 0.451. The van der Waals surface area contributed by atoms with Gasteiger partial charge in [-0.2, -0.15) is 0 Å². The third kappa shape index (κ3) is 6.22. The van der Waals surface area contributed by atoms with Gasteiger partial charge in [-0.15, -0.1) is 5.10 Å². The van der Waals surface area contributed by atoms with Crippen LogP contribution in [-0.4, -0.2) is 34.7 Å². The van der Waals surface area contributed by atoms with Crippen molar-refractivity contribution in [2.24, 2.45) is 0 Å². The highest BCUT2D eigenvalue weighted by molar-refractivity contribution is 5.81. The molecule has 3 aromatic heterocycles. The van der Waals surface area contributed by atoms with Crippen LogP contribution in [0, 0.1) is 0 Å². The van der Waals surface area contributed by atoms with Crippen LogP contribution in [0.4, 0.5) is 0 Å². The third-order valence-electron chi connectivity index (χ3n) is 9.72. The van der Waals surface area contributed by atoms with Crippen LogP contribution in [0.1, 0.15) is 47.8 Å². The fraction of sp³-hybridized carbons (Fsp3) is 0.133. The van der Waals surface area contributed by atoms with E-state index in [0.29, 0.717) is 5.82 Å². The Morgan fingerprint density at radius 1 is 0.615 bits per heavy atom. The lowest BCUT2D eigenvalue weighted by atomic mass is 9.77. The molecular weight excluding hydrogens is 639 g/mol. The molecular formula is C45H39N7. The first-order chi connectivity index (χ1) is 25.8. The lowest BCUT2D eigenvalue weighted by Crippen LogP contribution is -2.39. The number of aryl methyl sites for hydroxylation is 1. The van der Waals surface area contributed by atoms with Gasteiger partial charge in [-0.3, -0.25) is 4.98 Å². The summed E-state index contributed by atoms with van der Waals surface area (Å²) in [5.74, 6) is 1.78. The van der Waals surface area contributed by atoms with Gasteiger partial charge in [0.15, 0.2) is 5.82 Å². The number of pyridine rings is 1. The van der Waals surface area contributed by atoms with Crippen LogP contribution in [0.25, 0.3) is 33.8 Å². The van der Waals surface area contributed by atoms with E-state index >= 15 is 0 Å². The van der Waals surface area contributed by atoms with Crippen LogP contribution in [0.5, 0.6) is 0 Å². The van der Waals surface area contributed by atoms with Gasteiger partial charge < -0.3 is 4.57 Å². The normalized spacial score (nSPS) is 11.5. The fourth-order valence-electron chi connectivity index (χ4n) is 7.18. The van der Waals surface area contributed by atoms with E-state index in [-0.39, 0.29) is 0 Å². The van der Waals surface area contributed by atoms with Crippen LogP contribution < -0.4 is 0 Å². The fourth-order valence-corrected chi connectivity index (χ4v) is 7.18. The van der Waals surface area contributed by atoms with Crippen molar-refractivity contribution in [3.8, 4) is 33.8 Å². The molecule has 7 nitrogen and oxygen atoms in total. The smallest absolute Gasteiger partial charge is 0.184 e. The van der Waals surface area contributed by atoms with Crippen molar-refractivity contribution < 1.29 is 0 Å². The summed E-state index contributed by atoms with van der Waals surface area (Å²) in [7, 11) is 0. The van der Waals surface area contributed by atoms with Crippen molar-refractivity contribution in [1.82, 2.24) is 34.7 Å². The first-order valence-corrected chi connectivity index (χ1v) is 17.9. The van der Waals surface area contributed by atoms with Crippen LogP contribution in [0.3, 0.4) is 0 Å². The summed E-state index contributed by atoms with van der Waals surface area (Å²) in [6, 6.07) is 52.8. The highest BCUT2D eigenvalue weighted by atomic mass is 15.6. The zero-order chi connectivity index (χ0) is 35.2. The van der Waals surface area contributed by atoms with Crippen molar-refractivity contribution in [3.05, 3.63) is 198 Å².